The Kier molecular flexibility index (Phi) is 6.04. The molecular formula is C15H26N6O5. The molecule has 0 radical (unpaired) electrons. The molecule has 0 unspecified atom stereocenters. The number of likely N-dealkylation sites (N-methyl/N-ethyl adjacent to an activating group) is 1. The van der Waals surface area contributed by atoms with E-state index in [9.17, 15) is 10.2 Å². The van der Waals surface area contributed by atoms with Crippen molar-refractivity contribution in [2.75, 3.05) is 63.8 Å². The summed E-state index contributed by atoms with van der Waals surface area (Å²) in [7, 11) is 3.54. The van der Waals surface area contributed by atoms with E-state index in [1.54, 1.807) is 0 Å². The Labute approximate surface area is 151 Å². The van der Waals surface area contributed by atoms with Crippen molar-refractivity contribution in [3.05, 3.63) is 0 Å². The van der Waals surface area contributed by atoms with Crippen LogP contribution in [0.1, 0.15) is 0 Å². The van der Waals surface area contributed by atoms with Crippen molar-refractivity contribution in [3.63, 3.8) is 0 Å². The third-order valence-corrected chi connectivity index (χ3v) is 4.70. The maximum atomic E-state index is 10.3. The van der Waals surface area contributed by atoms with Crippen molar-refractivity contribution in [1.82, 2.24) is 19.9 Å². The number of nitrogens with zero attached hydrogens (tertiary/aromatic N) is 5. The lowest BCUT2D eigenvalue weighted by atomic mass is 9.98. The van der Waals surface area contributed by atoms with Crippen molar-refractivity contribution in [1.29, 1.82) is 0 Å². The van der Waals surface area contributed by atoms with Gasteiger partial charge in [0.15, 0.2) is 0 Å². The molecule has 0 aromatic carbocycles. The summed E-state index contributed by atoms with van der Waals surface area (Å²) in [4.78, 5) is 17.1. The minimum Gasteiger partial charge on any atom is -0.467 e. The molecule has 4 N–H and O–H groups in total. The average Bonchev–Trinajstić information content (AvgIpc) is 2.66. The van der Waals surface area contributed by atoms with E-state index in [1.807, 2.05) is 4.90 Å². The van der Waals surface area contributed by atoms with Crippen LogP contribution in [0.25, 0.3) is 0 Å². The average molecular weight is 370 g/mol. The third-order valence-electron chi connectivity index (χ3n) is 4.70. The van der Waals surface area contributed by atoms with Gasteiger partial charge in [0, 0.05) is 26.2 Å². The summed E-state index contributed by atoms with van der Waals surface area (Å²) < 4.78 is 10.5. The molecule has 11 nitrogen and oxygen atoms in total. The van der Waals surface area contributed by atoms with Gasteiger partial charge in [-0.3, -0.25) is 0 Å². The lowest BCUT2D eigenvalue weighted by Gasteiger charge is -2.37. The van der Waals surface area contributed by atoms with E-state index in [-0.39, 0.29) is 25.2 Å². The van der Waals surface area contributed by atoms with Crippen LogP contribution in [0.2, 0.25) is 0 Å². The number of hydrogen-bond donors (Lipinski definition) is 4. The molecule has 0 spiro atoms. The zero-order chi connectivity index (χ0) is 18.7. The van der Waals surface area contributed by atoms with Gasteiger partial charge in [0.2, 0.25) is 11.9 Å². The summed E-state index contributed by atoms with van der Waals surface area (Å²) in [6.45, 7) is 3.12. The van der Waals surface area contributed by atoms with Crippen LogP contribution in [-0.2, 0) is 4.74 Å². The Morgan fingerprint density at radius 2 is 1.88 bits per heavy atom. The minimum atomic E-state index is -1.20. The molecule has 2 saturated heterocycles. The highest BCUT2D eigenvalue weighted by Crippen LogP contribution is 2.21. The number of piperazine rings is 1. The highest BCUT2D eigenvalue weighted by atomic mass is 16.5. The highest BCUT2D eigenvalue weighted by molar-refractivity contribution is 5.40. The van der Waals surface area contributed by atoms with Gasteiger partial charge >= 0.3 is 6.01 Å². The second-order valence-electron chi connectivity index (χ2n) is 6.52. The number of nitrogens with one attached hydrogen (secondary N) is 1. The molecular weight excluding hydrogens is 344 g/mol. The fourth-order valence-electron chi connectivity index (χ4n) is 2.99. The van der Waals surface area contributed by atoms with Gasteiger partial charge in [0.1, 0.15) is 18.3 Å². The number of methoxy groups -OCH3 is 1. The zero-order valence-electron chi connectivity index (χ0n) is 14.9. The number of rotatable bonds is 5. The summed E-state index contributed by atoms with van der Waals surface area (Å²) in [6.07, 6.45) is -3.14. The summed E-state index contributed by atoms with van der Waals surface area (Å²) in [5.74, 6) is 0.723. The van der Waals surface area contributed by atoms with Crippen LogP contribution in [0.4, 0.5) is 11.9 Å². The van der Waals surface area contributed by atoms with Gasteiger partial charge in [-0.1, -0.05) is 0 Å². The van der Waals surface area contributed by atoms with E-state index in [1.165, 1.54) is 7.11 Å². The Morgan fingerprint density at radius 3 is 2.54 bits per heavy atom. The molecule has 0 aliphatic carbocycles. The third kappa shape index (κ3) is 4.13. The quantitative estimate of drug-likeness (QED) is 0.439. The normalized spacial score (nSPS) is 30.3. The zero-order valence-corrected chi connectivity index (χ0v) is 14.9. The predicted octanol–water partition coefficient (Wildman–Crippen LogP) is -2.47. The molecule has 3 rings (SSSR count). The fourth-order valence-corrected chi connectivity index (χ4v) is 2.99. The van der Waals surface area contributed by atoms with E-state index in [2.05, 4.69) is 32.2 Å². The molecule has 146 valence electrons. The van der Waals surface area contributed by atoms with Gasteiger partial charge in [-0.05, 0) is 7.05 Å². The molecule has 1 aromatic heterocycles. The van der Waals surface area contributed by atoms with Crippen LogP contribution in [0.5, 0.6) is 6.01 Å². The van der Waals surface area contributed by atoms with Crippen LogP contribution in [0, 0.1) is 0 Å². The van der Waals surface area contributed by atoms with E-state index in [0.717, 1.165) is 26.2 Å². The predicted molar refractivity (Wildman–Crippen MR) is 92.3 cm³/mol. The summed E-state index contributed by atoms with van der Waals surface area (Å²) in [5, 5.41) is 32.4. The first-order valence-corrected chi connectivity index (χ1v) is 8.60. The SMILES string of the molecule is COc1nc(N[C@H]2CO[C@H](CO)[C@H](O)[C@@H]2O)nc(N2CCN(C)CC2)n1. The van der Waals surface area contributed by atoms with Crippen molar-refractivity contribution in [2.45, 2.75) is 24.4 Å². The monoisotopic (exact) mass is 370 g/mol. The van der Waals surface area contributed by atoms with E-state index < -0.39 is 24.4 Å². The smallest absolute Gasteiger partial charge is 0.322 e. The topological polar surface area (TPSA) is 136 Å². The molecule has 0 amide bonds. The lowest BCUT2D eigenvalue weighted by Crippen LogP contribution is -2.56. The van der Waals surface area contributed by atoms with Crippen LogP contribution < -0.4 is 15.0 Å². The van der Waals surface area contributed by atoms with Gasteiger partial charge in [-0.2, -0.15) is 15.0 Å². The van der Waals surface area contributed by atoms with E-state index in [0.29, 0.717) is 5.95 Å². The highest BCUT2D eigenvalue weighted by Gasteiger charge is 2.38. The number of aliphatic hydroxyl groups is 3. The van der Waals surface area contributed by atoms with Gasteiger partial charge in [0.25, 0.3) is 0 Å². The van der Waals surface area contributed by atoms with Gasteiger partial charge in [0.05, 0.1) is 26.4 Å². The first-order chi connectivity index (χ1) is 12.5. The molecule has 2 fully saturated rings. The van der Waals surface area contributed by atoms with E-state index in [4.69, 9.17) is 14.6 Å². The summed E-state index contributed by atoms with van der Waals surface area (Å²) in [6, 6.07) is -0.461. The molecule has 0 saturated carbocycles. The first-order valence-electron chi connectivity index (χ1n) is 8.60. The maximum Gasteiger partial charge on any atom is 0.322 e. The maximum absolute atomic E-state index is 10.3. The van der Waals surface area contributed by atoms with Crippen LogP contribution in [0.3, 0.4) is 0 Å². The second kappa shape index (κ2) is 8.27. The van der Waals surface area contributed by atoms with Crippen LogP contribution >= 0.6 is 0 Å². The standard InChI is InChI=1S/C15H26N6O5/c1-20-3-5-21(6-4-20)14-17-13(18-15(19-14)25-2)16-9-8-26-10(7-22)12(24)11(9)23/h9-12,22-24H,3-8H2,1-2H3,(H,16,17,18,19)/t9-,10+,11+,12-/m0/s1. The van der Waals surface area contributed by atoms with Crippen molar-refractivity contribution >= 4 is 11.9 Å². The van der Waals surface area contributed by atoms with Crippen molar-refractivity contribution < 1.29 is 24.8 Å². The molecule has 1 aromatic rings. The molecule has 2 aliphatic rings. The first kappa shape index (κ1) is 19.0. The fraction of sp³-hybridized carbons (Fsp3) is 0.800. The Bertz CT molecular complexity index is 600. The van der Waals surface area contributed by atoms with Crippen molar-refractivity contribution in [2.24, 2.45) is 0 Å². The van der Waals surface area contributed by atoms with Gasteiger partial charge < -0.3 is 39.9 Å². The van der Waals surface area contributed by atoms with Crippen molar-refractivity contribution in [3.8, 4) is 6.01 Å². The Morgan fingerprint density at radius 1 is 1.15 bits per heavy atom. The number of aliphatic hydroxyl groups excluding tert-OH is 3. The van der Waals surface area contributed by atoms with Crippen LogP contribution in [-0.4, -0.2) is 113 Å². The summed E-state index contributed by atoms with van der Waals surface area (Å²) in [5.41, 5.74) is 0. The Balaban J connectivity index is 1.74. The number of ether oxygens (including phenoxy) is 2. The Hall–Kier alpha value is -1.79. The molecule has 2 aliphatic heterocycles. The van der Waals surface area contributed by atoms with Gasteiger partial charge in [-0.15, -0.1) is 0 Å². The molecule has 3 heterocycles. The summed E-state index contributed by atoms with van der Waals surface area (Å²) >= 11 is 0. The van der Waals surface area contributed by atoms with Gasteiger partial charge in [-0.25, -0.2) is 0 Å². The molecule has 26 heavy (non-hydrogen) atoms. The molecule has 0 bridgehead atoms. The lowest BCUT2D eigenvalue weighted by molar-refractivity contribution is -0.152. The molecule has 4 atom stereocenters. The molecule has 11 heteroatoms. The van der Waals surface area contributed by atoms with Crippen LogP contribution in [0.15, 0.2) is 0 Å². The second-order valence-corrected chi connectivity index (χ2v) is 6.52. The number of hydrogen-bond acceptors (Lipinski definition) is 11. The largest absolute Gasteiger partial charge is 0.467 e. The number of anilines is 2. The van der Waals surface area contributed by atoms with E-state index >= 15 is 0 Å². The minimum absolute atomic E-state index is 0.0985. The number of aromatic nitrogens is 3.